The molecule has 2 aromatic carbocycles. The van der Waals surface area contributed by atoms with Gasteiger partial charge in [0.05, 0.1) is 13.2 Å². The molecule has 0 saturated heterocycles. The molecule has 0 heterocycles. The van der Waals surface area contributed by atoms with Crippen LogP contribution in [0.4, 0.5) is 4.79 Å². The third kappa shape index (κ3) is 11.0. The maximum atomic E-state index is 13.7. The molecular weight excluding hydrogens is 470 g/mol. The monoisotopic (exact) mass is 511 g/mol. The van der Waals surface area contributed by atoms with Crippen molar-refractivity contribution in [1.29, 1.82) is 0 Å². The summed E-state index contributed by atoms with van der Waals surface area (Å²) in [6, 6.07) is 16.9. The highest BCUT2D eigenvalue weighted by molar-refractivity contribution is 5.88. The van der Waals surface area contributed by atoms with Crippen LogP contribution in [0.5, 0.6) is 0 Å². The molecule has 0 radical (unpaired) electrons. The zero-order valence-corrected chi connectivity index (χ0v) is 22.7. The van der Waals surface area contributed by atoms with Crippen molar-refractivity contribution in [2.24, 2.45) is 5.92 Å². The van der Waals surface area contributed by atoms with Gasteiger partial charge < -0.3 is 25.4 Å². The van der Waals surface area contributed by atoms with Gasteiger partial charge in [0.15, 0.2) is 0 Å². The smallest absolute Gasteiger partial charge is 0.407 e. The fourth-order valence-electron chi connectivity index (χ4n) is 3.91. The lowest BCUT2D eigenvalue weighted by Crippen LogP contribution is -2.60. The Bertz CT molecular complexity index is 990. The zero-order valence-electron chi connectivity index (χ0n) is 22.7. The summed E-state index contributed by atoms with van der Waals surface area (Å²) < 4.78 is 10.4. The van der Waals surface area contributed by atoms with E-state index >= 15 is 0 Å². The van der Waals surface area contributed by atoms with Crippen molar-refractivity contribution in [1.82, 2.24) is 16.0 Å². The van der Waals surface area contributed by atoms with Gasteiger partial charge in [0.1, 0.15) is 17.7 Å². The van der Waals surface area contributed by atoms with Gasteiger partial charge in [-0.25, -0.2) is 9.59 Å². The fourth-order valence-corrected chi connectivity index (χ4v) is 3.91. The molecule has 8 nitrogen and oxygen atoms in total. The number of alkyl carbamates (subject to hydrolysis) is 1. The van der Waals surface area contributed by atoms with Gasteiger partial charge in [-0.15, -0.1) is 0 Å². The van der Waals surface area contributed by atoms with Crippen LogP contribution in [0.2, 0.25) is 0 Å². The normalized spacial score (nSPS) is 13.8. The van der Waals surface area contributed by atoms with Crippen LogP contribution in [0.15, 0.2) is 60.7 Å². The van der Waals surface area contributed by atoms with Crippen LogP contribution in [0.1, 0.15) is 52.2 Å². The quantitative estimate of drug-likeness (QED) is 0.372. The van der Waals surface area contributed by atoms with Gasteiger partial charge in [0.25, 0.3) is 0 Å². The molecule has 0 aliphatic heterocycles. The summed E-state index contributed by atoms with van der Waals surface area (Å²) >= 11 is 0. The molecule has 0 aliphatic carbocycles. The number of carbonyl (C=O) groups excluding carboxylic acids is 3. The Morgan fingerprint density at radius 2 is 1.43 bits per heavy atom. The molecule has 0 aliphatic rings. The molecule has 0 bridgehead atoms. The van der Waals surface area contributed by atoms with Crippen molar-refractivity contribution in [2.45, 2.75) is 77.7 Å². The second-order valence-corrected chi connectivity index (χ2v) is 10.5. The molecule has 2 amide bonds. The maximum absolute atomic E-state index is 13.7. The minimum absolute atomic E-state index is 0.153. The van der Waals surface area contributed by atoms with Crippen LogP contribution >= 0.6 is 0 Å². The summed E-state index contributed by atoms with van der Waals surface area (Å²) in [6.07, 6.45) is 0.166. The minimum atomic E-state index is -0.868. The Labute approximate surface area is 220 Å². The van der Waals surface area contributed by atoms with Crippen molar-refractivity contribution in [3.63, 3.8) is 0 Å². The van der Waals surface area contributed by atoms with E-state index in [0.717, 1.165) is 11.1 Å². The maximum Gasteiger partial charge on any atom is 0.407 e. The van der Waals surface area contributed by atoms with E-state index in [1.165, 1.54) is 7.11 Å². The summed E-state index contributed by atoms with van der Waals surface area (Å²) in [5, 5.41) is 9.06. The number of nitrogens with one attached hydrogen (secondary N) is 3. The number of esters is 1. The Kier molecular flexibility index (Phi) is 11.6. The number of carbonyl (C=O) groups is 3. The van der Waals surface area contributed by atoms with Crippen molar-refractivity contribution in [2.75, 3.05) is 7.11 Å². The van der Waals surface area contributed by atoms with Crippen LogP contribution in [-0.2, 0) is 32.0 Å². The van der Waals surface area contributed by atoms with Gasteiger partial charge in [-0.3, -0.25) is 4.79 Å². The second kappa shape index (κ2) is 14.4. The molecule has 3 N–H and O–H groups in total. The van der Waals surface area contributed by atoms with Gasteiger partial charge >= 0.3 is 12.1 Å². The Morgan fingerprint density at radius 1 is 0.865 bits per heavy atom. The van der Waals surface area contributed by atoms with Gasteiger partial charge in [0.2, 0.25) is 5.91 Å². The number of ether oxygens (including phenoxy) is 2. The molecule has 37 heavy (non-hydrogen) atoms. The first-order chi connectivity index (χ1) is 17.5. The number of hydrogen-bond acceptors (Lipinski definition) is 6. The van der Waals surface area contributed by atoms with Crippen molar-refractivity contribution in [3.05, 3.63) is 71.8 Å². The molecule has 2 aromatic rings. The third-order valence-electron chi connectivity index (χ3n) is 5.56. The van der Waals surface area contributed by atoms with E-state index in [-0.39, 0.29) is 5.92 Å². The Balaban J connectivity index is 2.38. The van der Waals surface area contributed by atoms with Crippen LogP contribution in [0.25, 0.3) is 0 Å². The van der Waals surface area contributed by atoms with Crippen molar-refractivity contribution < 1.29 is 23.9 Å². The lowest BCUT2D eigenvalue weighted by Gasteiger charge is -2.31. The van der Waals surface area contributed by atoms with E-state index in [1.54, 1.807) is 20.8 Å². The highest BCUT2D eigenvalue weighted by Gasteiger charge is 2.34. The Hall–Kier alpha value is -3.39. The van der Waals surface area contributed by atoms with Gasteiger partial charge in [-0.1, -0.05) is 74.5 Å². The number of methoxy groups -OCH3 is 1. The van der Waals surface area contributed by atoms with Crippen LogP contribution < -0.4 is 16.0 Å². The summed E-state index contributed by atoms with van der Waals surface area (Å²) in [5.41, 5.74) is 1.21. The van der Waals surface area contributed by atoms with E-state index in [4.69, 9.17) is 9.47 Å². The molecule has 0 spiro atoms. The Morgan fingerprint density at radius 3 is 1.95 bits per heavy atom. The van der Waals surface area contributed by atoms with Crippen LogP contribution in [-0.4, -0.2) is 48.8 Å². The van der Waals surface area contributed by atoms with Crippen molar-refractivity contribution in [3.8, 4) is 0 Å². The van der Waals surface area contributed by atoms with E-state index in [9.17, 15) is 14.4 Å². The zero-order chi connectivity index (χ0) is 27.4. The van der Waals surface area contributed by atoms with Crippen LogP contribution in [0.3, 0.4) is 0 Å². The number of benzene rings is 2. The van der Waals surface area contributed by atoms with E-state index in [1.807, 2.05) is 74.5 Å². The highest BCUT2D eigenvalue weighted by Crippen LogP contribution is 2.13. The summed E-state index contributed by atoms with van der Waals surface area (Å²) in [7, 11) is 1.30. The third-order valence-corrected chi connectivity index (χ3v) is 5.56. The van der Waals surface area contributed by atoms with E-state index < -0.39 is 41.7 Å². The molecule has 0 aromatic heterocycles. The largest absolute Gasteiger partial charge is 0.467 e. The van der Waals surface area contributed by atoms with Crippen LogP contribution in [0, 0.1) is 5.92 Å². The lowest BCUT2D eigenvalue weighted by atomic mass is 9.97. The van der Waals surface area contributed by atoms with E-state index in [0.29, 0.717) is 19.4 Å². The first-order valence-corrected chi connectivity index (χ1v) is 12.7. The molecule has 8 heteroatoms. The molecular formula is C29H41N3O5. The molecule has 3 atom stereocenters. The molecule has 0 unspecified atom stereocenters. The molecule has 0 fully saturated rings. The predicted molar refractivity (Wildman–Crippen MR) is 144 cm³/mol. The topological polar surface area (TPSA) is 106 Å². The first kappa shape index (κ1) is 29.8. The predicted octanol–water partition coefficient (Wildman–Crippen LogP) is 3.98. The molecule has 0 saturated carbocycles. The summed E-state index contributed by atoms with van der Waals surface area (Å²) in [5.74, 6) is -0.771. The van der Waals surface area contributed by atoms with Gasteiger partial charge in [-0.05, 0) is 50.7 Å². The minimum Gasteiger partial charge on any atom is -0.467 e. The van der Waals surface area contributed by atoms with E-state index in [2.05, 4.69) is 16.0 Å². The summed E-state index contributed by atoms with van der Waals surface area (Å²) in [4.78, 5) is 39.0. The summed E-state index contributed by atoms with van der Waals surface area (Å²) in [6.45, 7) is 9.66. The number of rotatable bonds is 12. The number of hydrogen-bond donors (Lipinski definition) is 3. The van der Waals surface area contributed by atoms with Gasteiger partial charge in [0, 0.05) is 6.54 Å². The number of amides is 2. The van der Waals surface area contributed by atoms with Gasteiger partial charge in [-0.2, -0.15) is 0 Å². The average molecular weight is 512 g/mol. The second-order valence-electron chi connectivity index (χ2n) is 10.5. The first-order valence-electron chi connectivity index (χ1n) is 12.7. The highest BCUT2D eigenvalue weighted by atomic mass is 16.6. The molecule has 202 valence electrons. The SMILES string of the molecule is COC(=O)[C@H](CC(C)C)NC(=O)[C@H](NCc1ccccc1)[C@H](Cc1ccccc1)NC(=O)OC(C)(C)C. The average Bonchev–Trinajstić information content (AvgIpc) is 2.83. The fraction of sp³-hybridized carbons (Fsp3) is 0.483. The molecule has 2 rings (SSSR count). The standard InChI is InChI=1S/C29H41N3O5/c1-20(2)17-24(27(34)36-6)31-26(33)25(30-19-22-15-11-8-12-16-22)23(18-21-13-9-7-10-14-21)32-28(35)37-29(3,4)5/h7-16,20,23-25,30H,17-19H2,1-6H3,(H,31,33)(H,32,35)/t23-,24-,25+/m0/s1. The van der Waals surface area contributed by atoms with Crippen molar-refractivity contribution >= 4 is 18.0 Å². The lowest BCUT2D eigenvalue weighted by molar-refractivity contribution is -0.145.